The number of benzene rings is 1. The SMILES string of the molecule is CCN(CC(C)(C)O)C(=O)c1cnc(-c2ccc3c(c2)CCO3)s1. The molecule has 0 unspecified atom stereocenters. The van der Waals surface area contributed by atoms with E-state index in [1.54, 1.807) is 24.9 Å². The van der Waals surface area contributed by atoms with Gasteiger partial charge in [-0.25, -0.2) is 4.98 Å². The van der Waals surface area contributed by atoms with Crippen molar-refractivity contribution >= 4 is 17.2 Å². The minimum atomic E-state index is -0.917. The topological polar surface area (TPSA) is 62.7 Å². The van der Waals surface area contributed by atoms with Crippen molar-refractivity contribution in [2.75, 3.05) is 19.7 Å². The number of nitrogens with zero attached hydrogens (tertiary/aromatic N) is 2. The van der Waals surface area contributed by atoms with Crippen molar-refractivity contribution < 1.29 is 14.6 Å². The van der Waals surface area contributed by atoms with E-state index in [4.69, 9.17) is 4.74 Å². The van der Waals surface area contributed by atoms with Gasteiger partial charge in [0.2, 0.25) is 0 Å². The van der Waals surface area contributed by atoms with Crippen LogP contribution in [0, 0.1) is 0 Å². The smallest absolute Gasteiger partial charge is 0.265 e. The minimum Gasteiger partial charge on any atom is -0.493 e. The number of carbonyl (C=O) groups is 1. The van der Waals surface area contributed by atoms with E-state index < -0.39 is 5.60 Å². The standard InChI is InChI=1S/C18H22N2O3S/c1-4-20(11-18(2,3)22)17(21)15-10-19-16(24-15)13-5-6-14-12(9-13)7-8-23-14/h5-6,9-10,22H,4,7-8,11H2,1-3H3. The van der Waals surface area contributed by atoms with Gasteiger partial charge >= 0.3 is 0 Å². The molecule has 1 aliphatic rings. The Hall–Kier alpha value is -1.92. The quantitative estimate of drug-likeness (QED) is 0.904. The van der Waals surface area contributed by atoms with Crippen LogP contribution in [0.1, 0.15) is 36.0 Å². The summed E-state index contributed by atoms with van der Waals surface area (Å²) in [5, 5.41) is 10.8. The Balaban J connectivity index is 1.81. The summed E-state index contributed by atoms with van der Waals surface area (Å²) in [6.07, 6.45) is 2.54. The van der Waals surface area contributed by atoms with E-state index in [1.165, 1.54) is 16.9 Å². The van der Waals surface area contributed by atoms with Gasteiger partial charge in [0.1, 0.15) is 15.6 Å². The van der Waals surface area contributed by atoms with Gasteiger partial charge in [0.05, 0.1) is 18.4 Å². The third-order valence-corrected chi connectivity index (χ3v) is 4.93. The van der Waals surface area contributed by atoms with E-state index in [9.17, 15) is 9.90 Å². The van der Waals surface area contributed by atoms with Gasteiger partial charge in [0, 0.05) is 25.1 Å². The lowest BCUT2D eigenvalue weighted by molar-refractivity contribution is 0.0317. The second-order valence-corrected chi connectivity index (χ2v) is 7.61. The molecule has 1 N–H and O–H groups in total. The van der Waals surface area contributed by atoms with Crippen LogP contribution in [-0.2, 0) is 6.42 Å². The first kappa shape index (κ1) is 16.9. The lowest BCUT2D eigenvalue weighted by Gasteiger charge is -2.27. The van der Waals surface area contributed by atoms with E-state index >= 15 is 0 Å². The van der Waals surface area contributed by atoms with Gasteiger partial charge in [-0.15, -0.1) is 11.3 Å². The molecule has 0 atom stereocenters. The molecule has 0 saturated heterocycles. The van der Waals surface area contributed by atoms with Crippen molar-refractivity contribution in [3.05, 3.63) is 34.8 Å². The zero-order chi connectivity index (χ0) is 17.3. The van der Waals surface area contributed by atoms with Gasteiger partial charge in [-0.2, -0.15) is 0 Å². The van der Waals surface area contributed by atoms with Crippen LogP contribution in [0.15, 0.2) is 24.4 Å². The fourth-order valence-electron chi connectivity index (χ4n) is 2.78. The Bertz CT molecular complexity index is 749. The lowest BCUT2D eigenvalue weighted by Crippen LogP contribution is -2.41. The maximum absolute atomic E-state index is 12.7. The van der Waals surface area contributed by atoms with Crippen molar-refractivity contribution in [1.29, 1.82) is 0 Å². The molecule has 0 fully saturated rings. The molecule has 0 aliphatic carbocycles. The van der Waals surface area contributed by atoms with Gasteiger partial charge in [-0.1, -0.05) is 0 Å². The first-order valence-corrected chi connectivity index (χ1v) is 8.92. The Kier molecular flexibility index (Phi) is 4.60. The fraction of sp³-hybridized carbons (Fsp3) is 0.444. The summed E-state index contributed by atoms with van der Waals surface area (Å²) in [4.78, 5) is 19.3. The largest absolute Gasteiger partial charge is 0.493 e. The average molecular weight is 346 g/mol. The number of aromatic nitrogens is 1. The summed E-state index contributed by atoms with van der Waals surface area (Å²) < 4.78 is 5.52. The Morgan fingerprint density at radius 3 is 2.96 bits per heavy atom. The molecule has 1 aromatic heterocycles. The molecule has 2 aromatic rings. The summed E-state index contributed by atoms with van der Waals surface area (Å²) in [5.74, 6) is 0.849. The van der Waals surface area contributed by atoms with Gasteiger partial charge in [0.25, 0.3) is 5.91 Å². The normalized spacial score (nSPS) is 13.5. The first-order chi connectivity index (χ1) is 11.4. The monoisotopic (exact) mass is 346 g/mol. The molecule has 128 valence electrons. The van der Waals surface area contributed by atoms with Crippen molar-refractivity contribution in [2.45, 2.75) is 32.8 Å². The highest BCUT2D eigenvalue weighted by Gasteiger charge is 2.24. The van der Waals surface area contributed by atoms with E-state index in [0.717, 1.165) is 29.3 Å². The van der Waals surface area contributed by atoms with Gasteiger partial charge < -0.3 is 14.7 Å². The van der Waals surface area contributed by atoms with Crippen LogP contribution in [0.2, 0.25) is 0 Å². The second kappa shape index (κ2) is 6.53. The van der Waals surface area contributed by atoms with Crippen molar-refractivity contribution in [1.82, 2.24) is 9.88 Å². The number of hydrogen-bond donors (Lipinski definition) is 1. The molecule has 0 saturated carbocycles. The maximum atomic E-state index is 12.7. The van der Waals surface area contributed by atoms with Crippen LogP contribution >= 0.6 is 11.3 Å². The molecule has 0 radical (unpaired) electrons. The molecule has 0 bridgehead atoms. The van der Waals surface area contributed by atoms with E-state index in [-0.39, 0.29) is 5.91 Å². The maximum Gasteiger partial charge on any atom is 0.265 e. The number of thiazole rings is 1. The third-order valence-electron chi connectivity index (χ3n) is 3.90. The van der Waals surface area contributed by atoms with Crippen LogP contribution in [0.4, 0.5) is 0 Å². The first-order valence-electron chi connectivity index (χ1n) is 8.11. The number of ether oxygens (including phenoxy) is 1. The highest BCUT2D eigenvalue weighted by molar-refractivity contribution is 7.16. The zero-order valence-corrected chi connectivity index (χ0v) is 15.0. The van der Waals surface area contributed by atoms with Crippen molar-refractivity contribution in [2.24, 2.45) is 0 Å². The second-order valence-electron chi connectivity index (χ2n) is 6.58. The molecule has 1 aromatic carbocycles. The van der Waals surface area contributed by atoms with Crippen LogP contribution in [-0.4, -0.2) is 46.2 Å². The summed E-state index contributed by atoms with van der Waals surface area (Å²) in [5.41, 5.74) is 1.28. The number of amides is 1. The summed E-state index contributed by atoms with van der Waals surface area (Å²) in [7, 11) is 0. The predicted octanol–water partition coefficient (Wildman–Crippen LogP) is 2.98. The highest BCUT2D eigenvalue weighted by atomic mass is 32.1. The number of hydrogen-bond acceptors (Lipinski definition) is 5. The summed E-state index contributed by atoms with van der Waals surface area (Å²) in [6, 6.07) is 6.03. The van der Waals surface area contributed by atoms with Crippen LogP contribution in [0.25, 0.3) is 10.6 Å². The molecule has 1 aliphatic heterocycles. The number of likely N-dealkylation sites (N-methyl/N-ethyl adjacent to an activating group) is 1. The highest BCUT2D eigenvalue weighted by Crippen LogP contribution is 2.32. The van der Waals surface area contributed by atoms with Crippen LogP contribution in [0.3, 0.4) is 0 Å². The van der Waals surface area contributed by atoms with Crippen molar-refractivity contribution in [3.8, 4) is 16.3 Å². The summed E-state index contributed by atoms with van der Waals surface area (Å²) >= 11 is 1.38. The fourth-order valence-corrected chi connectivity index (χ4v) is 3.66. The molecule has 6 heteroatoms. The Morgan fingerprint density at radius 1 is 1.46 bits per heavy atom. The van der Waals surface area contributed by atoms with Crippen LogP contribution in [0.5, 0.6) is 5.75 Å². The van der Waals surface area contributed by atoms with Gasteiger partial charge in [-0.05, 0) is 44.5 Å². The molecule has 0 spiro atoms. The minimum absolute atomic E-state index is 0.0899. The van der Waals surface area contributed by atoms with E-state index in [0.29, 0.717) is 18.0 Å². The zero-order valence-electron chi connectivity index (χ0n) is 14.2. The summed E-state index contributed by atoms with van der Waals surface area (Å²) in [6.45, 7) is 6.88. The van der Waals surface area contributed by atoms with Gasteiger partial charge in [0.15, 0.2) is 0 Å². The number of carbonyl (C=O) groups excluding carboxylic acids is 1. The molecule has 3 rings (SSSR count). The predicted molar refractivity (Wildman–Crippen MR) is 94.6 cm³/mol. The lowest BCUT2D eigenvalue weighted by atomic mass is 10.1. The Labute approximate surface area is 145 Å². The molecular weight excluding hydrogens is 324 g/mol. The number of rotatable bonds is 5. The molecule has 24 heavy (non-hydrogen) atoms. The van der Waals surface area contributed by atoms with Crippen molar-refractivity contribution in [3.63, 3.8) is 0 Å². The average Bonchev–Trinajstić information content (AvgIpc) is 3.19. The van der Waals surface area contributed by atoms with Gasteiger partial charge in [-0.3, -0.25) is 4.79 Å². The molecule has 5 nitrogen and oxygen atoms in total. The van der Waals surface area contributed by atoms with Crippen LogP contribution < -0.4 is 4.74 Å². The van der Waals surface area contributed by atoms with E-state index in [2.05, 4.69) is 11.1 Å². The van der Waals surface area contributed by atoms with E-state index in [1.807, 2.05) is 19.1 Å². The number of fused-ring (bicyclic) bond motifs is 1. The Morgan fingerprint density at radius 2 is 2.25 bits per heavy atom. The number of aliphatic hydroxyl groups is 1. The molecule has 2 heterocycles. The third kappa shape index (κ3) is 3.60. The molecule has 1 amide bonds. The molecular formula is C18H22N2O3S.